The highest BCUT2D eigenvalue weighted by molar-refractivity contribution is 4.91. The molecule has 1 rings (SSSR count). The zero-order valence-electron chi connectivity index (χ0n) is 7.51. The average molecular weight is 172 g/mol. The van der Waals surface area contributed by atoms with Crippen LogP contribution in [0.25, 0.3) is 0 Å². The summed E-state index contributed by atoms with van der Waals surface area (Å²) in [6.45, 7) is 0.949. The molecule has 1 fully saturated rings. The first-order valence-corrected chi connectivity index (χ1v) is 4.77. The van der Waals surface area contributed by atoms with Crippen molar-refractivity contribution >= 4 is 0 Å². The topological polar surface area (TPSA) is 52.2 Å². The maximum absolute atomic E-state index is 10.2. The molecule has 0 unspecified atom stereocenters. The first-order valence-electron chi connectivity index (χ1n) is 4.77. The Bertz CT molecular complexity index is 122. The van der Waals surface area contributed by atoms with E-state index in [4.69, 9.17) is 0 Å². The minimum absolute atomic E-state index is 0.0193. The number of nitrogens with one attached hydrogen (secondary N) is 1. The molecule has 2 N–H and O–H groups in total. The van der Waals surface area contributed by atoms with Crippen molar-refractivity contribution < 1.29 is 10.2 Å². The van der Waals surface area contributed by atoms with Gasteiger partial charge in [-0.1, -0.05) is 12.8 Å². The van der Waals surface area contributed by atoms with Crippen LogP contribution in [0.5, 0.6) is 0 Å². The van der Waals surface area contributed by atoms with Crippen LogP contribution in [0.1, 0.15) is 32.1 Å². The molecule has 0 atom stereocenters. The highest BCUT2D eigenvalue weighted by Crippen LogP contribution is 2.28. The predicted octanol–water partition coefficient (Wildman–Crippen LogP) is 0.702. The Morgan fingerprint density at radius 3 is 2.50 bits per heavy atom. The summed E-state index contributed by atoms with van der Waals surface area (Å²) in [6, 6.07) is 0. The van der Waals surface area contributed by atoms with Gasteiger partial charge in [0, 0.05) is 5.54 Å². The number of rotatable bonds is 5. The average Bonchev–Trinajstić information content (AvgIpc) is 2.55. The molecule has 0 aliphatic heterocycles. The summed E-state index contributed by atoms with van der Waals surface area (Å²) in [5.41, 5.74) is -0.0465. The molecule has 1 saturated carbocycles. The lowest BCUT2D eigenvalue weighted by atomic mass is 9.99. The second-order valence-electron chi connectivity index (χ2n) is 3.63. The van der Waals surface area contributed by atoms with Gasteiger partial charge in [-0.15, -0.1) is 0 Å². The zero-order valence-corrected chi connectivity index (χ0v) is 7.51. The van der Waals surface area contributed by atoms with E-state index in [1.807, 2.05) is 0 Å². The van der Waals surface area contributed by atoms with Gasteiger partial charge in [0.25, 0.3) is 0 Å². The van der Waals surface area contributed by atoms with Crippen molar-refractivity contribution in [2.24, 2.45) is 0 Å². The smallest absolute Gasteiger partial charge is 0.0834 e. The van der Waals surface area contributed by atoms with E-state index in [1.165, 1.54) is 12.8 Å². The third kappa shape index (κ3) is 2.44. The van der Waals surface area contributed by atoms with Gasteiger partial charge in [0.1, 0.15) is 0 Å². The van der Waals surface area contributed by atoms with Gasteiger partial charge >= 0.3 is 0 Å². The van der Waals surface area contributed by atoms with Gasteiger partial charge in [0.2, 0.25) is 0 Å². The summed E-state index contributed by atoms with van der Waals surface area (Å²) in [5.74, 6) is 0. The van der Waals surface area contributed by atoms with Crippen molar-refractivity contribution in [3.8, 4) is 0 Å². The molecule has 1 aliphatic rings. The summed E-state index contributed by atoms with van der Waals surface area (Å²) >= 11 is 0. The molecule has 0 aromatic rings. The molecule has 3 nitrogen and oxygen atoms in total. The molecular weight excluding hydrogens is 154 g/mol. The third-order valence-corrected chi connectivity index (χ3v) is 2.68. The van der Waals surface area contributed by atoms with Gasteiger partial charge in [-0.3, -0.25) is 0 Å². The Morgan fingerprint density at radius 1 is 1.33 bits per heavy atom. The van der Waals surface area contributed by atoms with E-state index in [0.29, 0.717) is 6.42 Å². The summed E-state index contributed by atoms with van der Waals surface area (Å²) < 4.78 is 0. The molecule has 0 spiro atoms. The van der Waals surface area contributed by atoms with E-state index in [-0.39, 0.29) is 18.8 Å². The number of aliphatic hydroxyl groups excluding tert-OH is 1. The van der Waals surface area contributed by atoms with Crippen molar-refractivity contribution in [1.82, 2.24) is 5.32 Å². The van der Waals surface area contributed by atoms with Gasteiger partial charge in [0.05, 0.1) is 13.2 Å². The molecular formula is C9H18NO2. The van der Waals surface area contributed by atoms with Crippen molar-refractivity contribution in [3.05, 3.63) is 0 Å². The van der Waals surface area contributed by atoms with Crippen LogP contribution < -0.4 is 5.32 Å². The first kappa shape index (κ1) is 9.96. The Kier molecular flexibility index (Phi) is 3.98. The van der Waals surface area contributed by atoms with Crippen molar-refractivity contribution in [1.29, 1.82) is 0 Å². The number of hydrogen-bond acceptors (Lipinski definition) is 2. The Labute approximate surface area is 73.8 Å². The highest BCUT2D eigenvalue weighted by atomic mass is 16.3. The van der Waals surface area contributed by atoms with Gasteiger partial charge in [0.15, 0.2) is 0 Å². The Balaban J connectivity index is 2.24. The fourth-order valence-electron chi connectivity index (χ4n) is 1.87. The molecule has 0 aromatic carbocycles. The Morgan fingerprint density at radius 2 is 2.00 bits per heavy atom. The molecule has 0 bridgehead atoms. The van der Waals surface area contributed by atoms with E-state index in [1.54, 1.807) is 0 Å². The lowest BCUT2D eigenvalue weighted by Gasteiger charge is -2.27. The SMILES string of the molecule is [O]CCCNC1(CO)CCCC1. The fourth-order valence-corrected chi connectivity index (χ4v) is 1.87. The van der Waals surface area contributed by atoms with E-state index in [9.17, 15) is 10.2 Å². The van der Waals surface area contributed by atoms with Crippen LogP contribution in [0.4, 0.5) is 0 Å². The van der Waals surface area contributed by atoms with Gasteiger partial charge in [-0.05, 0) is 25.8 Å². The fraction of sp³-hybridized carbons (Fsp3) is 1.00. The molecule has 12 heavy (non-hydrogen) atoms. The van der Waals surface area contributed by atoms with Crippen LogP contribution in [-0.4, -0.2) is 30.4 Å². The first-order chi connectivity index (χ1) is 5.83. The van der Waals surface area contributed by atoms with Crippen LogP contribution in [-0.2, 0) is 5.11 Å². The third-order valence-electron chi connectivity index (χ3n) is 2.68. The van der Waals surface area contributed by atoms with E-state index >= 15 is 0 Å². The summed E-state index contributed by atoms with van der Waals surface area (Å²) in [6.07, 6.45) is 5.18. The second kappa shape index (κ2) is 4.80. The number of aliphatic hydroxyl groups is 1. The van der Waals surface area contributed by atoms with E-state index < -0.39 is 0 Å². The van der Waals surface area contributed by atoms with Crippen molar-refractivity contribution in [2.75, 3.05) is 19.8 Å². The minimum Gasteiger partial charge on any atom is -0.394 e. The quantitative estimate of drug-likeness (QED) is 0.600. The predicted molar refractivity (Wildman–Crippen MR) is 46.5 cm³/mol. The lowest BCUT2D eigenvalue weighted by Crippen LogP contribution is -2.46. The van der Waals surface area contributed by atoms with Crippen LogP contribution in [0.3, 0.4) is 0 Å². The largest absolute Gasteiger partial charge is 0.394 e. The van der Waals surface area contributed by atoms with Crippen LogP contribution in [0.15, 0.2) is 0 Å². The summed E-state index contributed by atoms with van der Waals surface area (Å²) in [4.78, 5) is 0. The van der Waals surface area contributed by atoms with Crippen LogP contribution in [0, 0.1) is 0 Å². The van der Waals surface area contributed by atoms with Crippen molar-refractivity contribution in [2.45, 2.75) is 37.6 Å². The minimum atomic E-state index is -0.0465. The molecule has 0 saturated heterocycles. The zero-order chi connectivity index (χ0) is 8.86. The molecule has 0 aromatic heterocycles. The normalized spacial score (nSPS) is 21.5. The monoisotopic (exact) mass is 172 g/mol. The molecule has 3 heteroatoms. The van der Waals surface area contributed by atoms with Crippen LogP contribution >= 0.6 is 0 Å². The summed E-state index contributed by atoms with van der Waals surface area (Å²) in [7, 11) is 0. The van der Waals surface area contributed by atoms with Gasteiger partial charge < -0.3 is 10.4 Å². The Hall–Kier alpha value is -0.120. The molecule has 71 valence electrons. The lowest BCUT2D eigenvalue weighted by molar-refractivity contribution is 0.151. The molecule has 1 radical (unpaired) electrons. The van der Waals surface area contributed by atoms with Gasteiger partial charge in [-0.25, -0.2) is 5.11 Å². The standard InChI is InChI=1S/C9H18NO2/c11-7-3-6-10-9(8-12)4-1-2-5-9/h10,12H,1-8H2. The maximum atomic E-state index is 10.2. The molecule has 0 heterocycles. The number of hydrogen-bond donors (Lipinski definition) is 2. The van der Waals surface area contributed by atoms with Crippen molar-refractivity contribution in [3.63, 3.8) is 0 Å². The van der Waals surface area contributed by atoms with Gasteiger partial charge in [-0.2, -0.15) is 0 Å². The molecule has 1 aliphatic carbocycles. The highest BCUT2D eigenvalue weighted by Gasteiger charge is 2.31. The van der Waals surface area contributed by atoms with E-state index in [2.05, 4.69) is 5.32 Å². The van der Waals surface area contributed by atoms with Crippen LogP contribution in [0.2, 0.25) is 0 Å². The summed E-state index contributed by atoms with van der Waals surface area (Å²) in [5, 5.41) is 22.7. The molecule has 0 amide bonds. The second-order valence-corrected chi connectivity index (χ2v) is 3.63. The van der Waals surface area contributed by atoms with E-state index in [0.717, 1.165) is 19.4 Å². The maximum Gasteiger partial charge on any atom is 0.0834 e.